The lowest BCUT2D eigenvalue weighted by Crippen LogP contribution is -2.20. The number of anilines is 1. The molecule has 0 atom stereocenters. The van der Waals surface area contributed by atoms with Crippen molar-refractivity contribution >= 4 is 33.7 Å². The molecule has 1 heterocycles. The number of hydrogen-bond donors (Lipinski definition) is 2. The number of nitrogens with one attached hydrogen (secondary N) is 1. The summed E-state index contributed by atoms with van der Waals surface area (Å²) in [6.07, 6.45) is 0. The van der Waals surface area contributed by atoms with E-state index in [1.165, 1.54) is 12.1 Å². The first-order valence-electron chi connectivity index (χ1n) is 5.84. The molecule has 0 aliphatic carbocycles. The van der Waals surface area contributed by atoms with Crippen molar-refractivity contribution in [1.29, 1.82) is 0 Å². The van der Waals surface area contributed by atoms with Gasteiger partial charge in [-0.1, -0.05) is 21.1 Å². The average Bonchev–Trinajstić information content (AvgIpc) is 2.82. The molecular formula is C13H11BrN2O5. The van der Waals surface area contributed by atoms with Crippen LogP contribution in [0.2, 0.25) is 0 Å². The Labute approximate surface area is 128 Å². The van der Waals surface area contributed by atoms with Gasteiger partial charge in [-0.2, -0.15) is 0 Å². The fourth-order valence-corrected chi connectivity index (χ4v) is 1.90. The maximum absolute atomic E-state index is 11.7. The number of ether oxygens (including phenoxy) is 1. The summed E-state index contributed by atoms with van der Waals surface area (Å²) in [4.78, 5) is 22.8. The van der Waals surface area contributed by atoms with Gasteiger partial charge in [-0.3, -0.25) is 10.1 Å². The monoisotopic (exact) mass is 354 g/mol. The SMILES string of the molecule is Cc1cc(NC(=O)COc2ccc(Br)cc2C(=O)O)on1. The molecule has 0 unspecified atom stereocenters. The molecule has 1 aromatic heterocycles. The summed E-state index contributed by atoms with van der Waals surface area (Å²) in [5.41, 5.74) is 0.597. The molecule has 0 saturated heterocycles. The van der Waals surface area contributed by atoms with Crippen LogP contribution >= 0.6 is 15.9 Å². The van der Waals surface area contributed by atoms with Gasteiger partial charge in [0.2, 0.25) is 5.88 Å². The first-order valence-corrected chi connectivity index (χ1v) is 6.64. The van der Waals surface area contributed by atoms with Crippen LogP contribution in [0, 0.1) is 6.92 Å². The van der Waals surface area contributed by atoms with Gasteiger partial charge in [0.15, 0.2) is 6.61 Å². The largest absolute Gasteiger partial charge is 0.483 e. The lowest BCUT2D eigenvalue weighted by Gasteiger charge is -2.08. The van der Waals surface area contributed by atoms with Crippen molar-refractivity contribution in [3.05, 3.63) is 40.0 Å². The number of carbonyl (C=O) groups excluding carboxylic acids is 1. The molecule has 1 amide bonds. The fourth-order valence-electron chi connectivity index (χ4n) is 1.53. The van der Waals surface area contributed by atoms with Crippen molar-refractivity contribution in [3.8, 4) is 5.75 Å². The zero-order valence-electron chi connectivity index (χ0n) is 10.9. The highest BCUT2D eigenvalue weighted by Crippen LogP contribution is 2.23. The van der Waals surface area contributed by atoms with E-state index in [1.54, 1.807) is 19.1 Å². The van der Waals surface area contributed by atoms with Crippen molar-refractivity contribution in [2.24, 2.45) is 0 Å². The number of carbonyl (C=O) groups is 2. The number of hydrogen-bond acceptors (Lipinski definition) is 5. The molecule has 0 aliphatic heterocycles. The summed E-state index contributed by atoms with van der Waals surface area (Å²) < 4.78 is 10.7. The predicted molar refractivity (Wildman–Crippen MR) is 76.5 cm³/mol. The number of carboxylic acid groups (broad SMARTS) is 1. The van der Waals surface area contributed by atoms with Gasteiger partial charge in [0.1, 0.15) is 11.3 Å². The van der Waals surface area contributed by atoms with E-state index >= 15 is 0 Å². The van der Waals surface area contributed by atoms with Crippen LogP contribution in [0.3, 0.4) is 0 Å². The number of aromatic carboxylic acids is 1. The zero-order chi connectivity index (χ0) is 15.4. The van der Waals surface area contributed by atoms with Crippen molar-refractivity contribution in [1.82, 2.24) is 5.16 Å². The minimum Gasteiger partial charge on any atom is -0.483 e. The van der Waals surface area contributed by atoms with Crippen LogP contribution in [0.1, 0.15) is 16.1 Å². The van der Waals surface area contributed by atoms with Crippen LogP contribution in [0.4, 0.5) is 5.88 Å². The highest BCUT2D eigenvalue weighted by molar-refractivity contribution is 9.10. The van der Waals surface area contributed by atoms with Gasteiger partial charge in [-0.15, -0.1) is 0 Å². The summed E-state index contributed by atoms with van der Waals surface area (Å²) in [6.45, 7) is 1.37. The molecule has 21 heavy (non-hydrogen) atoms. The van der Waals surface area contributed by atoms with Crippen LogP contribution in [-0.4, -0.2) is 28.7 Å². The summed E-state index contributed by atoms with van der Waals surface area (Å²) in [7, 11) is 0. The Bertz CT molecular complexity index is 683. The summed E-state index contributed by atoms with van der Waals surface area (Å²) in [5.74, 6) is -1.31. The highest BCUT2D eigenvalue weighted by Gasteiger charge is 2.14. The molecule has 0 radical (unpaired) electrons. The van der Waals surface area contributed by atoms with Crippen molar-refractivity contribution < 1.29 is 24.0 Å². The fraction of sp³-hybridized carbons (Fsp3) is 0.154. The third-order valence-electron chi connectivity index (χ3n) is 2.42. The number of aromatic nitrogens is 1. The second-order valence-electron chi connectivity index (χ2n) is 4.12. The van der Waals surface area contributed by atoms with E-state index in [2.05, 4.69) is 26.4 Å². The molecule has 2 rings (SSSR count). The minimum absolute atomic E-state index is 0.0346. The molecular weight excluding hydrogens is 344 g/mol. The maximum Gasteiger partial charge on any atom is 0.339 e. The van der Waals surface area contributed by atoms with Crippen molar-refractivity contribution in [3.63, 3.8) is 0 Å². The molecule has 0 fully saturated rings. The standard InChI is InChI=1S/C13H11BrN2O5/c1-7-4-12(21-16-7)15-11(17)6-20-10-3-2-8(14)5-9(10)13(18)19/h2-5H,6H2,1H3,(H,15,17)(H,18,19). The average molecular weight is 355 g/mol. The number of benzene rings is 1. The van der Waals surface area contributed by atoms with Gasteiger partial charge >= 0.3 is 5.97 Å². The lowest BCUT2D eigenvalue weighted by molar-refractivity contribution is -0.118. The smallest absolute Gasteiger partial charge is 0.339 e. The van der Waals surface area contributed by atoms with Crippen molar-refractivity contribution in [2.45, 2.75) is 6.92 Å². The topological polar surface area (TPSA) is 102 Å². The third-order valence-corrected chi connectivity index (χ3v) is 2.91. The Morgan fingerprint density at radius 2 is 2.19 bits per heavy atom. The first-order chi connectivity index (χ1) is 9.95. The third kappa shape index (κ3) is 4.06. The van der Waals surface area contributed by atoms with Crippen LogP contribution < -0.4 is 10.1 Å². The van der Waals surface area contributed by atoms with E-state index in [-0.39, 0.29) is 23.8 Å². The lowest BCUT2D eigenvalue weighted by atomic mass is 10.2. The molecule has 2 N–H and O–H groups in total. The Kier molecular flexibility index (Phi) is 4.59. The van der Waals surface area contributed by atoms with Gasteiger partial charge in [0, 0.05) is 10.5 Å². The van der Waals surface area contributed by atoms with Gasteiger partial charge in [0.05, 0.1) is 5.69 Å². The number of nitrogens with zero attached hydrogens (tertiary/aromatic N) is 1. The van der Waals surface area contributed by atoms with E-state index < -0.39 is 11.9 Å². The number of halogens is 1. The normalized spacial score (nSPS) is 10.2. The first kappa shape index (κ1) is 15.0. The highest BCUT2D eigenvalue weighted by atomic mass is 79.9. The number of rotatable bonds is 5. The van der Waals surface area contributed by atoms with Crippen LogP contribution in [0.15, 0.2) is 33.3 Å². The van der Waals surface area contributed by atoms with E-state index in [9.17, 15) is 9.59 Å². The Morgan fingerprint density at radius 1 is 1.43 bits per heavy atom. The van der Waals surface area contributed by atoms with E-state index in [4.69, 9.17) is 14.4 Å². The Balaban J connectivity index is 1.99. The second kappa shape index (κ2) is 6.40. The molecule has 8 heteroatoms. The minimum atomic E-state index is -1.14. The van der Waals surface area contributed by atoms with E-state index in [0.29, 0.717) is 10.2 Å². The van der Waals surface area contributed by atoms with Gasteiger partial charge < -0.3 is 14.4 Å². The second-order valence-corrected chi connectivity index (χ2v) is 5.03. The molecule has 0 saturated carbocycles. The molecule has 2 aromatic rings. The molecule has 110 valence electrons. The Morgan fingerprint density at radius 3 is 2.81 bits per heavy atom. The van der Waals surface area contributed by atoms with Gasteiger partial charge in [-0.05, 0) is 25.1 Å². The molecule has 0 spiro atoms. The quantitative estimate of drug-likeness (QED) is 0.854. The van der Waals surface area contributed by atoms with Crippen LogP contribution in [0.25, 0.3) is 0 Å². The summed E-state index contributed by atoms with van der Waals surface area (Å²) >= 11 is 3.17. The van der Waals surface area contributed by atoms with E-state index in [1.807, 2.05) is 0 Å². The summed E-state index contributed by atoms with van der Waals surface area (Å²) in [6, 6.07) is 6.05. The van der Waals surface area contributed by atoms with Gasteiger partial charge in [-0.25, -0.2) is 4.79 Å². The zero-order valence-corrected chi connectivity index (χ0v) is 12.5. The molecule has 0 bridgehead atoms. The maximum atomic E-state index is 11.7. The number of amides is 1. The van der Waals surface area contributed by atoms with E-state index in [0.717, 1.165) is 0 Å². The van der Waals surface area contributed by atoms with Gasteiger partial charge in [0.25, 0.3) is 5.91 Å². The summed E-state index contributed by atoms with van der Waals surface area (Å²) in [5, 5.41) is 15.1. The molecule has 1 aromatic carbocycles. The molecule has 0 aliphatic rings. The van der Waals surface area contributed by atoms with Crippen molar-refractivity contribution in [2.75, 3.05) is 11.9 Å². The number of carboxylic acids is 1. The Hall–Kier alpha value is -2.35. The molecule has 7 nitrogen and oxygen atoms in total. The number of aryl methyl sites for hydroxylation is 1. The van der Waals surface area contributed by atoms with Crippen LogP contribution in [0.5, 0.6) is 5.75 Å². The van der Waals surface area contributed by atoms with Crippen LogP contribution in [-0.2, 0) is 4.79 Å². The predicted octanol–water partition coefficient (Wildman–Crippen LogP) is 2.46.